The Morgan fingerprint density at radius 2 is 1.62 bits per heavy atom. The van der Waals surface area contributed by atoms with Gasteiger partial charge in [-0.25, -0.2) is 0 Å². The molecule has 1 heterocycles. The molecule has 1 aliphatic heterocycles. The van der Waals surface area contributed by atoms with E-state index in [0.717, 1.165) is 19.1 Å². The number of epoxide rings is 1. The Hall–Kier alpha value is 0.0969. The SMILES string of the molecule is CCO[SiH](CCCCCCCC1CCC2OC2C1)OCC. The molecule has 3 unspecified atom stereocenters. The van der Waals surface area contributed by atoms with Gasteiger partial charge in [0.2, 0.25) is 0 Å². The molecule has 0 aromatic carbocycles. The topological polar surface area (TPSA) is 31.0 Å². The van der Waals surface area contributed by atoms with Crippen LogP contribution in [-0.2, 0) is 13.6 Å². The van der Waals surface area contributed by atoms with Crippen LogP contribution in [0.4, 0.5) is 0 Å². The third kappa shape index (κ3) is 6.81. The standard InChI is InChI=1S/C17H34O3Si/c1-3-18-21(19-4-2)13-9-7-5-6-8-10-15-11-12-16-17(14-15)20-16/h15-17,21H,3-14H2,1-2H3. The summed E-state index contributed by atoms with van der Waals surface area (Å²) in [6.07, 6.45) is 13.7. The molecular weight excluding hydrogens is 280 g/mol. The molecule has 3 nitrogen and oxygen atoms in total. The van der Waals surface area contributed by atoms with Gasteiger partial charge in [0.1, 0.15) is 0 Å². The maximum absolute atomic E-state index is 5.71. The van der Waals surface area contributed by atoms with Crippen molar-refractivity contribution in [2.75, 3.05) is 13.2 Å². The minimum absolute atomic E-state index is 0.655. The number of fused-ring (bicyclic) bond motifs is 1. The minimum Gasteiger partial charge on any atom is -0.397 e. The first-order valence-corrected chi connectivity index (χ1v) is 11.0. The van der Waals surface area contributed by atoms with E-state index in [4.69, 9.17) is 13.6 Å². The fourth-order valence-electron chi connectivity index (χ4n) is 3.61. The Balaban J connectivity index is 1.39. The van der Waals surface area contributed by atoms with Gasteiger partial charge >= 0.3 is 9.28 Å². The molecule has 4 heteroatoms. The maximum Gasteiger partial charge on any atom is 0.321 e. The lowest BCUT2D eigenvalue weighted by Gasteiger charge is -2.18. The van der Waals surface area contributed by atoms with Crippen molar-refractivity contribution in [2.24, 2.45) is 5.92 Å². The van der Waals surface area contributed by atoms with E-state index in [1.54, 1.807) is 0 Å². The summed E-state index contributed by atoms with van der Waals surface area (Å²) in [5.41, 5.74) is 0. The number of unbranched alkanes of at least 4 members (excludes halogenated alkanes) is 4. The number of hydrogen-bond acceptors (Lipinski definition) is 3. The van der Waals surface area contributed by atoms with Crippen molar-refractivity contribution >= 4 is 9.28 Å². The van der Waals surface area contributed by atoms with Gasteiger partial charge < -0.3 is 13.6 Å². The Kier molecular flexibility index (Phi) is 8.29. The maximum atomic E-state index is 5.71. The molecule has 0 amide bonds. The predicted octanol–water partition coefficient (Wildman–Crippen LogP) is 4.19. The zero-order valence-electron chi connectivity index (χ0n) is 14.0. The van der Waals surface area contributed by atoms with E-state index in [0.29, 0.717) is 12.2 Å². The second-order valence-corrected chi connectivity index (χ2v) is 8.68. The summed E-state index contributed by atoms with van der Waals surface area (Å²) in [6.45, 7) is 5.76. The lowest BCUT2D eigenvalue weighted by atomic mass is 9.85. The van der Waals surface area contributed by atoms with E-state index >= 15 is 0 Å². The fraction of sp³-hybridized carbons (Fsp3) is 1.00. The molecular formula is C17H34O3Si. The molecule has 21 heavy (non-hydrogen) atoms. The average molecular weight is 315 g/mol. The van der Waals surface area contributed by atoms with Crippen LogP contribution >= 0.6 is 0 Å². The molecule has 0 aromatic heterocycles. The predicted molar refractivity (Wildman–Crippen MR) is 88.9 cm³/mol. The highest BCUT2D eigenvalue weighted by atomic mass is 28.3. The van der Waals surface area contributed by atoms with Crippen molar-refractivity contribution in [2.45, 2.75) is 89.9 Å². The molecule has 0 spiro atoms. The van der Waals surface area contributed by atoms with Gasteiger partial charge in [-0.05, 0) is 45.1 Å². The zero-order chi connectivity index (χ0) is 14.9. The van der Waals surface area contributed by atoms with Crippen LogP contribution in [0.25, 0.3) is 0 Å². The van der Waals surface area contributed by atoms with Crippen molar-refractivity contribution in [3.8, 4) is 0 Å². The quantitative estimate of drug-likeness (QED) is 0.307. The van der Waals surface area contributed by atoms with Crippen molar-refractivity contribution in [3.63, 3.8) is 0 Å². The largest absolute Gasteiger partial charge is 0.397 e. The molecule has 0 aromatic rings. The van der Waals surface area contributed by atoms with Gasteiger partial charge in [0.25, 0.3) is 0 Å². The van der Waals surface area contributed by atoms with Gasteiger partial charge in [-0.1, -0.05) is 38.5 Å². The van der Waals surface area contributed by atoms with E-state index in [2.05, 4.69) is 13.8 Å². The van der Waals surface area contributed by atoms with E-state index in [1.165, 1.54) is 63.8 Å². The number of ether oxygens (including phenoxy) is 1. The number of hydrogen-bond donors (Lipinski definition) is 0. The molecule has 1 aliphatic carbocycles. The summed E-state index contributed by atoms with van der Waals surface area (Å²) in [7, 11) is -1.33. The summed E-state index contributed by atoms with van der Waals surface area (Å²) < 4.78 is 17.0. The molecule has 2 aliphatic rings. The van der Waals surface area contributed by atoms with Crippen molar-refractivity contribution in [1.82, 2.24) is 0 Å². The first-order chi connectivity index (χ1) is 10.3. The Morgan fingerprint density at radius 3 is 2.33 bits per heavy atom. The molecule has 124 valence electrons. The van der Waals surface area contributed by atoms with Gasteiger partial charge in [0.15, 0.2) is 0 Å². The zero-order valence-corrected chi connectivity index (χ0v) is 15.2. The van der Waals surface area contributed by atoms with Crippen LogP contribution in [-0.4, -0.2) is 34.7 Å². The molecule has 2 fully saturated rings. The van der Waals surface area contributed by atoms with Crippen LogP contribution in [0.15, 0.2) is 0 Å². The summed E-state index contributed by atoms with van der Waals surface area (Å²) in [5, 5.41) is 0. The Morgan fingerprint density at radius 1 is 0.905 bits per heavy atom. The average Bonchev–Trinajstić information content (AvgIpc) is 3.25. The molecule has 0 bridgehead atoms. The van der Waals surface area contributed by atoms with E-state index in [9.17, 15) is 0 Å². The molecule has 1 saturated heterocycles. The van der Waals surface area contributed by atoms with E-state index in [-0.39, 0.29) is 0 Å². The smallest absolute Gasteiger partial charge is 0.321 e. The summed E-state index contributed by atoms with van der Waals surface area (Å²) in [5.74, 6) is 0.960. The molecule has 3 atom stereocenters. The van der Waals surface area contributed by atoms with Gasteiger partial charge in [0.05, 0.1) is 12.2 Å². The lowest BCUT2D eigenvalue weighted by molar-refractivity contribution is 0.212. The van der Waals surface area contributed by atoms with Gasteiger partial charge in [0, 0.05) is 13.2 Å². The first kappa shape index (κ1) is 17.5. The third-order valence-electron chi connectivity index (χ3n) is 4.87. The highest BCUT2D eigenvalue weighted by molar-refractivity contribution is 6.44. The minimum atomic E-state index is -1.33. The van der Waals surface area contributed by atoms with Crippen molar-refractivity contribution < 1.29 is 13.6 Å². The van der Waals surface area contributed by atoms with Gasteiger partial charge in [-0.15, -0.1) is 0 Å². The van der Waals surface area contributed by atoms with Crippen LogP contribution in [0.3, 0.4) is 0 Å². The van der Waals surface area contributed by atoms with E-state index in [1.807, 2.05) is 0 Å². The second-order valence-electron chi connectivity index (χ2n) is 6.58. The van der Waals surface area contributed by atoms with Crippen LogP contribution in [0.2, 0.25) is 6.04 Å². The Labute approximate surface area is 132 Å². The molecule has 0 radical (unpaired) electrons. The Bertz CT molecular complexity index is 263. The molecule has 0 N–H and O–H groups in total. The summed E-state index contributed by atoms with van der Waals surface area (Å²) in [4.78, 5) is 0. The summed E-state index contributed by atoms with van der Waals surface area (Å²) in [6, 6.07) is 1.19. The normalized spacial score (nSPS) is 27.9. The van der Waals surface area contributed by atoms with Gasteiger partial charge in [-0.3, -0.25) is 0 Å². The second kappa shape index (κ2) is 9.98. The number of rotatable bonds is 12. The fourth-order valence-corrected chi connectivity index (χ4v) is 5.41. The van der Waals surface area contributed by atoms with Crippen LogP contribution in [0, 0.1) is 5.92 Å². The van der Waals surface area contributed by atoms with E-state index < -0.39 is 9.28 Å². The van der Waals surface area contributed by atoms with Crippen LogP contribution in [0.1, 0.15) is 71.6 Å². The van der Waals surface area contributed by atoms with Gasteiger partial charge in [-0.2, -0.15) is 0 Å². The van der Waals surface area contributed by atoms with Crippen LogP contribution < -0.4 is 0 Å². The highest BCUT2D eigenvalue weighted by Crippen LogP contribution is 2.41. The monoisotopic (exact) mass is 314 g/mol. The van der Waals surface area contributed by atoms with Crippen molar-refractivity contribution in [1.29, 1.82) is 0 Å². The van der Waals surface area contributed by atoms with Crippen molar-refractivity contribution in [3.05, 3.63) is 0 Å². The molecule has 1 saturated carbocycles. The first-order valence-electron chi connectivity index (χ1n) is 9.22. The molecule has 2 rings (SSSR count). The highest BCUT2D eigenvalue weighted by Gasteiger charge is 2.43. The lowest BCUT2D eigenvalue weighted by Crippen LogP contribution is -2.22. The summed E-state index contributed by atoms with van der Waals surface area (Å²) >= 11 is 0. The third-order valence-corrected chi connectivity index (χ3v) is 7.16. The van der Waals surface area contributed by atoms with Crippen LogP contribution in [0.5, 0.6) is 0 Å².